The van der Waals surface area contributed by atoms with Gasteiger partial charge in [-0.3, -0.25) is 19.4 Å². The molecular weight excluding hydrogens is 518 g/mol. The molecule has 0 spiro atoms. The minimum absolute atomic E-state index is 0.0597. The topological polar surface area (TPSA) is 122 Å². The molecular formula is C28H31N5O5S. The Morgan fingerprint density at radius 1 is 1.13 bits per heavy atom. The third-order valence-corrected chi connectivity index (χ3v) is 7.68. The van der Waals surface area contributed by atoms with Crippen LogP contribution < -0.4 is 15.4 Å². The summed E-state index contributed by atoms with van der Waals surface area (Å²) in [6.07, 6.45) is 2.42. The van der Waals surface area contributed by atoms with E-state index in [1.54, 1.807) is 7.11 Å². The van der Waals surface area contributed by atoms with Gasteiger partial charge in [0, 0.05) is 37.2 Å². The van der Waals surface area contributed by atoms with E-state index in [1.165, 1.54) is 16.7 Å². The van der Waals surface area contributed by atoms with Gasteiger partial charge in [0.1, 0.15) is 17.6 Å². The van der Waals surface area contributed by atoms with E-state index in [9.17, 15) is 14.4 Å². The molecule has 0 radical (unpaired) electrons. The fraction of sp³-hybridized carbons (Fsp3) is 0.393. The van der Waals surface area contributed by atoms with E-state index in [2.05, 4.69) is 15.6 Å². The average molecular weight is 550 g/mol. The normalized spacial score (nSPS) is 19.6. The van der Waals surface area contributed by atoms with Crippen LogP contribution in [0.4, 0.5) is 5.69 Å². The average Bonchev–Trinajstić information content (AvgIpc) is 3.61. The maximum Gasteiger partial charge on any atom is 0.259 e. The first-order chi connectivity index (χ1) is 19.0. The number of aliphatic imine (C=N–C) groups is 2. The van der Waals surface area contributed by atoms with Gasteiger partial charge in [-0.05, 0) is 37.5 Å². The van der Waals surface area contributed by atoms with Gasteiger partial charge in [-0.25, -0.2) is 9.89 Å². The molecule has 3 aliphatic heterocycles. The molecule has 1 fully saturated rings. The number of thioether (sulfide) groups is 1. The minimum Gasteiger partial charge on any atom is -0.496 e. The smallest absolute Gasteiger partial charge is 0.259 e. The molecule has 5 rings (SSSR count). The Hall–Kier alpha value is -3.70. The van der Waals surface area contributed by atoms with Crippen LogP contribution in [0.25, 0.3) is 0 Å². The fourth-order valence-corrected chi connectivity index (χ4v) is 5.53. The Bertz CT molecular complexity index is 1310. The summed E-state index contributed by atoms with van der Waals surface area (Å²) in [5, 5.41) is 6.20. The molecule has 11 heteroatoms. The molecule has 3 amide bonds. The highest BCUT2D eigenvalue weighted by molar-refractivity contribution is 8.14. The Balaban J connectivity index is 1.20. The lowest BCUT2D eigenvalue weighted by Gasteiger charge is -2.25. The van der Waals surface area contributed by atoms with Crippen LogP contribution in [0.5, 0.6) is 5.75 Å². The highest BCUT2D eigenvalue weighted by Gasteiger charge is 2.41. The molecule has 0 aromatic heterocycles. The molecule has 204 valence electrons. The number of ether oxygens (including phenoxy) is 2. The summed E-state index contributed by atoms with van der Waals surface area (Å²) in [5.74, 6) is 0.752. The Morgan fingerprint density at radius 3 is 2.77 bits per heavy atom. The van der Waals surface area contributed by atoms with Gasteiger partial charge in [-0.15, -0.1) is 0 Å². The van der Waals surface area contributed by atoms with Gasteiger partial charge < -0.3 is 20.1 Å². The number of amides is 3. The summed E-state index contributed by atoms with van der Waals surface area (Å²) < 4.78 is 10.9. The molecule has 0 aliphatic carbocycles. The third kappa shape index (κ3) is 6.31. The maximum atomic E-state index is 13.4. The van der Waals surface area contributed by atoms with Crippen LogP contribution in [0.15, 0.2) is 58.5 Å². The number of carbonyl (C=O) groups excluding carboxylic acids is 3. The van der Waals surface area contributed by atoms with Crippen LogP contribution in [-0.2, 0) is 25.7 Å². The second-order valence-electron chi connectivity index (χ2n) is 9.41. The first-order valence-corrected chi connectivity index (χ1v) is 14.0. The van der Waals surface area contributed by atoms with E-state index in [1.807, 2.05) is 48.5 Å². The number of benzene rings is 2. The maximum absolute atomic E-state index is 13.4. The quantitative estimate of drug-likeness (QED) is 0.470. The predicted molar refractivity (Wildman–Crippen MR) is 149 cm³/mol. The number of rotatable bonds is 10. The summed E-state index contributed by atoms with van der Waals surface area (Å²) in [7, 11) is 1.59. The Morgan fingerprint density at radius 2 is 1.95 bits per heavy atom. The Labute approximate surface area is 231 Å². The summed E-state index contributed by atoms with van der Waals surface area (Å²) in [4.78, 5) is 49.3. The number of hydrogen-bond donors (Lipinski definition) is 2. The van der Waals surface area contributed by atoms with E-state index in [0.29, 0.717) is 35.5 Å². The van der Waals surface area contributed by atoms with Crippen LogP contribution in [0.1, 0.15) is 36.8 Å². The lowest BCUT2D eigenvalue weighted by Crippen LogP contribution is -2.42. The second-order valence-corrected chi connectivity index (χ2v) is 10.4. The van der Waals surface area contributed by atoms with E-state index < -0.39 is 6.04 Å². The SMILES string of the molecule is COc1ccccc1CNC(=O)CC[C@H]1N=C2c3ccccc3N=C(SCC(=O)NC[C@H]3CCCO3)N2C1=O. The van der Waals surface area contributed by atoms with Gasteiger partial charge in [0.05, 0.1) is 24.7 Å². The van der Waals surface area contributed by atoms with Crippen molar-refractivity contribution >= 4 is 46.2 Å². The van der Waals surface area contributed by atoms with Gasteiger partial charge in [0.2, 0.25) is 11.8 Å². The molecule has 1 saturated heterocycles. The zero-order valence-corrected chi connectivity index (χ0v) is 22.5. The molecule has 3 aliphatic rings. The number of nitrogens with one attached hydrogen (secondary N) is 2. The van der Waals surface area contributed by atoms with Crippen molar-refractivity contribution in [3.05, 3.63) is 59.7 Å². The second kappa shape index (κ2) is 12.4. The van der Waals surface area contributed by atoms with E-state index >= 15 is 0 Å². The van der Waals surface area contributed by atoms with Crippen molar-refractivity contribution in [1.29, 1.82) is 0 Å². The van der Waals surface area contributed by atoms with Crippen molar-refractivity contribution < 1.29 is 23.9 Å². The van der Waals surface area contributed by atoms with Gasteiger partial charge in [-0.2, -0.15) is 0 Å². The van der Waals surface area contributed by atoms with Crippen LogP contribution >= 0.6 is 11.8 Å². The van der Waals surface area contributed by atoms with Crippen LogP contribution in [0, 0.1) is 0 Å². The van der Waals surface area contributed by atoms with Crippen molar-refractivity contribution in [2.75, 3.05) is 26.0 Å². The van der Waals surface area contributed by atoms with Crippen LogP contribution in [0.3, 0.4) is 0 Å². The van der Waals surface area contributed by atoms with Gasteiger partial charge >= 0.3 is 0 Å². The molecule has 2 atom stereocenters. The summed E-state index contributed by atoms with van der Waals surface area (Å²) in [6, 6.07) is 14.3. The first kappa shape index (κ1) is 26.9. The molecule has 3 heterocycles. The highest BCUT2D eigenvalue weighted by atomic mass is 32.2. The number of carbonyl (C=O) groups is 3. The van der Waals surface area contributed by atoms with Crippen molar-refractivity contribution in [3.8, 4) is 5.75 Å². The molecule has 0 saturated carbocycles. The number of para-hydroxylation sites is 2. The Kier molecular flexibility index (Phi) is 8.58. The standard InChI is InChI=1S/C28H31N5O5S/c1-37-23-11-5-2-7-18(23)15-29-24(34)13-12-22-27(36)33-26(31-22)20-9-3-4-10-21(20)32-28(33)39-17-25(35)30-16-19-8-6-14-38-19/h2-5,7,9-11,19,22H,6,8,12-17H2,1H3,(H,29,34)(H,30,35)/t19-,22-/m1/s1. The molecule has 0 unspecified atom stereocenters. The molecule has 2 aromatic rings. The molecule has 0 bridgehead atoms. The number of hydrogen-bond acceptors (Lipinski definition) is 8. The van der Waals surface area contributed by atoms with Crippen LogP contribution in [0.2, 0.25) is 0 Å². The summed E-state index contributed by atoms with van der Waals surface area (Å²) in [6.45, 7) is 1.54. The first-order valence-electron chi connectivity index (χ1n) is 13.0. The molecule has 10 nitrogen and oxygen atoms in total. The van der Waals surface area contributed by atoms with Crippen molar-refractivity contribution in [1.82, 2.24) is 15.5 Å². The van der Waals surface area contributed by atoms with E-state index in [-0.39, 0.29) is 42.4 Å². The van der Waals surface area contributed by atoms with E-state index in [0.717, 1.165) is 30.6 Å². The summed E-state index contributed by atoms with van der Waals surface area (Å²) in [5.41, 5.74) is 2.32. The number of fused-ring (bicyclic) bond motifs is 3. The van der Waals surface area contributed by atoms with Crippen molar-refractivity contribution in [3.63, 3.8) is 0 Å². The molecule has 2 N–H and O–H groups in total. The zero-order valence-electron chi connectivity index (χ0n) is 21.7. The van der Waals surface area contributed by atoms with Crippen molar-refractivity contribution in [2.24, 2.45) is 9.98 Å². The van der Waals surface area contributed by atoms with Crippen molar-refractivity contribution in [2.45, 2.75) is 44.4 Å². The van der Waals surface area contributed by atoms with Gasteiger partial charge in [0.15, 0.2) is 5.17 Å². The minimum atomic E-state index is -0.706. The molecule has 2 aromatic carbocycles. The van der Waals surface area contributed by atoms with Gasteiger partial charge in [-0.1, -0.05) is 42.1 Å². The number of nitrogens with zero attached hydrogens (tertiary/aromatic N) is 3. The molecule has 39 heavy (non-hydrogen) atoms. The summed E-state index contributed by atoms with van der Waals surface area (Å²) >= 11 is 1.20. The number of amidine groups is 2. The third-order valence-electron chi connectivity index (χ3n) is 6.74. The number of methoxy groups -OCH3 is 1. The van der Waals surface area contributed by atoms with E-state index in [4.69, 9.17) is 14.5 Å². The lowest BCUT2D eigenvalue weighted by molar-refractivity contribution is -0.125. The predicted octanol–water partition coefficient (Wildman–Crippen LogP) is 2.78. The van der Waals surface area contributed by atoms with Gasteiger partial charge in [0.25, 0.3) is 5.91 Å². The zero-order chi connectivity index (χ0) is 27.2. The largest absolute Gasteiger partial charge is 0.496 e. The highest BCUT2D eigenvalue weighted by Crippen LogP contribution is 2.34. The van der Waals surface area contributed by atoms with Crippen LogP contribution in [-0.4, -0.2) is 71.8 Å². The fourth-order valence-electron chi connectivity index (χ4n) is 4.70. The monoisotopic (exact) mass is 549 g/mol. The lowest BCUT2D eigenvalue weighted by atomic mass is 10.1.